The second kappa shape index (κ2) is 5.13. The third-order valence-corrected chi connectivity index (χ3v) is 3.97. The molecular weight excluding hydrogens is 240 g/mol. The van der Waals surface area contributed by atoms with Crippen LogP contribution >= 0.6 is 0 Å². The quantitative estimate of drug-likeness (QED) is 0.838. The Hall–Kier alpha value is -1.68. The topological polar surface area (TPSA) is 49.4 Å². The Morgan fingerprint density at radius 1 is 1.16 bits per heavy atom. The third kappa shape index (κ3) is 2.28. The Kier molecular flexibility index (Phi) is 3.34. The molecule has 2 heterocycles. The van der Waals surface area contributed by atoms with Gasteiger partial charge in [-0.25, -0.2) is 0 Å². The van der Waals surface area contributed by atoms with Gasteiger partial charge < -0.3 is 5.32 Å². The first kappa shape index (κ1) is 12.4. The third-order valence-electron chi connectivity index (χ3n) is 3.97. The van der Waals surface area contributed by atoms with Crippen molar-refractivity contribution in [1.82, 2.24) is 10.2 Å². The van der Waals surface area contributed by atoms with Crippen molar-refractivity contribution in [1.29, 1.82) is 0 Å². The van der Waals surface area contributed by atoms with E-state index in [9.17, 15) is 9.59 Å². The normalized spacial score (nSPS) is 22.1. The van der Waals surface area contributed by atoms with Gasteiger partial charge in [-0.1, -0.05) is 12.1 Å². The van der Waals surface area contributed by atoms with Crippen LogP contribution in [0.5, 0.6) is 0 Å². The maximum absolute atomic E-state index is 12.1. The van der Waals surface area contributed by atoms with Gasteiger partial charge in [0.25, 0.3) is 11.8 Å². The van der Waals surface area contributed by atoms with Crippen molar-refractivity contribution < 1.29 is 9.59 Å². The summed E-state index contributed by atoms with van der Waals surface area (Å²) in [5.41, 5.74) is 1.10. The molecule has 0 radical (unpaired) electrons. The molecule has 0 spiro atoms. The molecular formula is C15H18N2O2. The van der Waals surface area contributed by atoms with Gasteiger partial charge in [0, 0.05) is 12.6 Å². The van der Waals surface area contributed by atoms with E-state index in [1.54, 1.807) is 24.3 Å². The van der Waals surface area contributed by atoms with Gasteiger partial charge in [0.2, 0.25) is 0 Å². The Morgan fingerprint density at radius 3 is 2.42 bits per heavy atom. The van der Waals surface area contributed by atoms with Crippen LogP contribution in [0.25, 0.3) is 0 Å². The largest absolute Gasteiger partial charge is 0.314 e. The summed E-state index contributed by atoms with van der Waals surface area (Å²) in [5, 5.41) is 3.43. The molecule has 0 bridgehead atoms. The minimum atomic E-state index is -0.139. The molecule has 2 aliphatic rings. The number of rotatable bonds is 4. The average molecular weight is 258 g/mol. The van der Waals surface area contributed by atoms with Gasteiger partial charge >= 0.3 is 0 Å². The minimum absolute atomic E-state index is 0.139. The van der Waals surface area contributed by atoms with E-state index in [0.29, 0.717) is 23.7 Å². The number of imide groups is 1. The zero-order chi connectivity index (χ0) is 13.2. The van der Waals surface area contributed by atoms with Gasteiger partial charge in [-0.05, 0) is 44.4 Å². The van der Waals surface area contributed by atoms with Gasteiger partial charge in [0.1, 0.15) is 0 Å². The highest BCUT2D eigenvalue weighted by molar-refractivity contribution is 6.21. The molecule has 0 saturated carbocycles. The van der Waals surface area contributed by atoms with Crippen LogP contribution in [0.1, 0.15) is 46.4 Å². The predicted octanol–water partition coefficient (Wildman–Crippen LogP) is 1.81. The average Bonchev–Trinajstić information content (AvgIpc) is 3.02. The first-order valence-electron chi connectivity index (χ1n) is 6.96. The summed E-state index contributed by atoms with van der Waals surface area (Å²) in [4.78, 5) is 25.6. The van der Waals surface area contributed by atoms with E-state index in [1.165, 1.54) is 17.7 Å². The second-order valence-electron chi connectivity index (χ2n) is 5.24. The summed E-state index contributed by atoms with van der Waals surface area (Å²) >= 11 is 0. The molecule has 2 amide bonds. The molecule has 0 aromatic heterocycles. The van der Waals surface area contributed by atoms with Crippen LogP contribution in [0.2, 0.25) is 0 Å². The molecule has 4 nitrogen and oxygen atoms in total. The van der Waals surface area contributed by atoms with E-state index in [2.05, 4.69) is 5.32 Å². The number of fused-ring (bicyclic) bond motifs is 1. The molecule has 1 saturated heterocycles. The summed E-state index contributed by atoms with van der Waals surface area (Å²) in [6.07, 6.45) is 4.36. The van der Waals surface area contributed by atoms with Gasteiger partial charge in [-0.15, -0.1) is 0 Å². The number of nitrogens with one attached hydrogen (secondary N) is 1. The maximum Gasteiger partial charge on any atom is 0.261 e. The van der Waals surface area contributed by atoms with Crippen LogP contribution in [0.15, 0.2) is 24.3 Å². The summed E-state index contributed by atoms with van der Waals surface area (Å²) in [6.45, 7) is 1.63. The number of amides is 2. The molecule has 4 heteroatoms. The van der Waals surface area contributed by atoms with Crippen molar-refractivity contribution in [3.63, 3.8) is 0 Å². The van der Waals surface area contributed by atoms with Crippen LogP contribution in [0, 0.1) is 0 Å². The Bertz CT molecular complexity index is 472. The molecule has 1 atom stereocenters. The van der Waals surface area contributed by atoms with Crippen LogP contribution in [0.3, 0.4) is 0 Å². The molecule has 1 fully saturated rings. The van der Waals surface area contributed by atoms with E-state index >= 15 is 0 Å². The molecule has 2 aliphatic heterocycles. The van der Waals surface area contributed by atoms with Crippen LogP contribution in [-0.4, -0.2) is 35.8 Å². The second-order valence-corrected chi connectivity index (χ2v) is 5.24. The zero-order valence-corrected chi connectivity index (χ0v) is 10.9. The number of nitrogens with zero attached hydrogens (tertiary/aromatic N) is 1. The van der Waals surface area contributed by atoms with Gasteiger partial charge in [0.05, 0.1) is 11.1 Å². The van der Waals surface area contributed by atoms with Gasteiger partial charge in [-0.2, -0.15) is 0 Å². The molecule has 0 aliphatic carbocycles. The summed E-state index contributed by atoms with van der Waals surface area (Å²) < 4.78 is 0. The first-order chi connectivity index (χ1) is 9.27. The van der Waals surface area contributed by atoms with E-state index in [0.717, 1.165) is 19.4 Å². The Labute approximate surface area is 112 Å². The van der Waals surface area contributed by atoms with E-state index in [-0.39, 0.29) is 11.8 Å². The molecule has 19 heavy (non-hydrogen) atoms. The number of carbonyl (C=O) groups excluding carboxylic acids is 2. The Balaban J connectivity index is 1.60. The SMILES string of the molecule is O=C1c2ccccc2C(=O)N1CCCC1CCCN1. The van der Waals surface area contributed by atoms with Crippen molar-refractivity contribution in [2.24, 2.45) is 0 Å². The van der Waals surface area contributed by atoms with Crippen molar-refractivity contribution in [2.45, 2.75) is 31.7 Å². The van der Waals surface area contributed by atoms with Crippen LogP contribution < -0.4 is 5.32 Å². The smallest absolute Gasteiger partial charge is 0.261 e. The lowest BCUT2D eigenvalue weighted by Gasteiger charge is -2.15. The maximum atomic E-state index is 12.1. The highest BCUT2D eigenvalue weighted by Crippen LogP contribution is 2.23. The molecule has 1 aromatic rings. The number of benzene rings is 1. The summed E-state index contributed by atoms with van der Waals surface area (Å²) in [7, 11) is 0. The number of hydrogen-bond acceptors (Lipinski definition) is 3. The minimum Gasteiger partial charge on any atom is -0.314 e. The summed E-state index contributed by atoms with van der Waals surface area (Å²) in [6, 6.07) is 7.63. The lowest BCUT2D eigenvalue weighted by atomic mass is 10.1. The monoisotopic (exact) mass is 258 g/mol. The fraction of sp³-hybridized carbons (Fsp3) is 0.467. The van der Waals surface area contributed by atoms with E-state index in [4.69, 9.17) is 0 Å². The molecule has 100 valence electrons. The number of carbonyl (C=O) groups is 2. The van der Waals surface area contributed by atoms with E-state index < -0.39 is 0 Å². The highest BCUT2D eigenvalue weighted by atomic mass is 16.2. The lowest BCUT2D eigenvalue weighted by Crippen LogP contribution is -2.32. The fourth-order valence-electron chi connectivity index (χ4n) is 2.94. The predicted molar refractivity (Wildman–Crippen MR) is 72.1 cm³/mol. The fourth-order valence-corrected chi connectivity index (χ4v) is 2.94. The lowest BCUT2D eigenvalue weighted by molar-refractivity contribution is 0.0650. The van der Waals surface area contributed by atoms with Crippen molar-refractivity contribution in [2.75, 3.05) is 13.1 Å². The highest BCUT2D eigenvalue weighted by Gasteiger charge is 2.34. The van der Waals surface area contributed by atoms with E-state index in [1.807, 2.05) is 0 Å². The van der Waals surface area contributed by atoms with Crippen LogP contribution in [-0.2, 0) is 0 Å². The molecule has 3 rings (SSSR count). The summed E-state index contributed by atoms with van der Waals surface area (Å²) in [5.74, 6) is -0.278. The first-order valence-corrected chi connectivity index (χ1v) is 6.96. The van der Waals surface area contributed by atoms with Gasteiger partial charge in [-0.3, -0.25) is 14.5 Å². The van der Waals surface area contributed by atoms with Crippen molar-refractivity contribution in [3.05, 3.63) is 35.4 Å². The van der Waals surface area contributed by atoms with Gasteiger partial charge in [0.15, 0.2) is 0 Å². The molecule has 1 unspecified atom stereocenters. The molecule has 1 N–H and O–H groups in total. The number of hydrogen-bond donors (Lipinski definition) is 1. The van der Waals surface area contributed by atoms with Crippen molar-refractivity contribution in [3.8, 4) is 0 Å². The van der Waals surface area contributed by atoms with Crippen molar-refractivity contribution >= 4 is 11.8 Å². The van der Waals surface area contributed by atoms with Crippen LogP contribution in [0.4, 0.5) is 0 Å². The molecule has 1 aromatic carbocycles. The zero-order valence-electron chi connectivity index (χ0n) is 10.9. The standard InChI is InChI=1S/C15H18N2O2/c18-14-12-7-1-2-8-13(12)15(19)17(14)10-4-6-11-5-3-9-16-11/h1-2,7-8,11,16H,3-6,9-10H2. The Morgan fingerprint density at radius 2 is 1.84 bits per heavy atom.